The Kier molecular flexibility index (Phi) is 6.27. The van der Waals surface area contributed by atoms with Crippen LogP contribution in [-0.4, -0.2) is 53.4 Å². The van der Waals surface area contributed by atoms with Gasteiger partial charge in [-0.15, -0.1) is 0 Å². The molecule has 1 saturated heterocycles. The summed E-state index contributed by atoms with van der Waals surface area (Å²) in [7, 11) is 0. The quantitative estimate of drug-likeness (QED) is 0.601. The van der Waals surface area contributed by atoms with Crippen molar-refractivity contribution in [1.29, 1.82) is 0 Å². The summed E-state index contributed by atoms with van der Waals surface area (Å²) in [5, 5.41) is 5.72. The second-order valence-electron chi connectivity index (χ2n) is 8.61. The van der Waals surface area contributed by atoms with Gasteiger partial charge >= 0.3 is 0 Å². The molecule has 2 aromatic heterocycles. The highest BCUT2D eigenvalue weighted by Gasteiger charge is 2.34. The molecule has 0 atom stereocenters. The van der Waals surface area contributed by atoms with Gasteiger partial charge in [0.15, 0.2) is 5.58 Å². The first kappa shape index (κ1) is 22.1. The molecule has 176 valence electrons. The zero-order valence-corrected chi connectivity index (χ0v) is 18.7. The summed E-state index contributed by atoms with van der Waals surface area (Å²) >= 11 is 0. The van der Waals surface area contributed by atoms with Gasteiger partial charge in [-0.05, 0) is 49.9 Å². The van der Waals surface area contributed by atoms with Crippen LogP contribution in [-0.2, 0) is 14.3 Å². The molecule has 2 aliphatic rings. The average molecular weight is 463 g/mol. The molecule has 34 heavy (non-hydrogen) atoms. The van der Waals surface area contributed by atoms with Gasteiger partial charge in [0.1, 0.15) is 17.8 Å². The minimum Gasteiger partial charge on any atom is -0.447 e. The number of para-hydroxylation sites is 1. The minimum atomic E-state index is -0.464. The molecule has 3 amide bonds. The summed E-state index contributed by atoms with van der Waals surface area (Å²) < 4.78 is 11.0. The van der Waals surface area contributed by atoms with E-state index in [2.05, 4.69) is 15.6 Å². The first-order chi connectivity index (χ1) is 16.6. The smallest absolute Gasteiger partial charge is 0.293 e. The van der Waals surface area contributed by atoms with E-state index in [1.165, 1.54) is 0 Å². The van der Waals surface area contributed by atoms with Crippen LogP contribution >= 0.6 is 0 Å². The number of ether oxygens (including phenoxy) is 1. The van der Waals surface area contributed by atoms with E-state index < -0.39 is 5.91 Å². The summed E-state index contributed by atoms with van der Waals surface area (Å²) in [5.74, 6) is -0.823. The van der Waals surface area contributed by atoms with E-state index in [-0.39, 0.29) is 41.8 Å². The molecule has 0 radical (unpaired) electrons. The van der Waals surface area contributed by atoms with Crippen LogP contribution in [0, 0.1) is 5.92 Å². The number of nitrogens with one attached hydrogen (secondary N) is 2. The maximum Gasteiger partial charge on any atom is 0.293 e. The molecule has 3 aromatic rings. The van der Waals surface area contributed by atoms with E-state index in [4.69, 9.17) is 9.15 Å². The fraction of sp³-hybridized carbons (Fsp3) is 0.360. The predicted octanol–water partition coefficient (Wildman–Crippen LogP) is 3.44. The van der Waals surface area contributed by atoms with Gasteiger partial charge in [-0.3, -0.25) is 19.4 Å². The number of furan rings is 1. The fourth-order valence-electron chi connectivity index (χ4n) is 4.71. The van der Waals surface area contributed by atoms with Gasteiger partial charge in [-0.2, -0.15) is 0 Å². The van der Waals surface area contributed by atoms with Crippen LogP contribution in [0.5, 0.6) is 0 Å². The van der Waals surface area contributed by atoms with Crippen molar-refractivity contribution in [2.45, 2.75) is 31.7 Å². The molecule has 1 aliphatic heterocycles. The van der Waals surface area contributed by atoms with E-state index in [0.29, 0.717) is 42.8 Å². The van der Waals surface area contributed by atoms with Gasteiger partial charge in [-0.1, -0.05) is 18.2 Å². The second-order valence-corrected chi connectivity index (χ2v) is 8.61. The number of benzene rings is 1. The van der Waals surface area contributed by atoms with Gasteiger partial charge in [0.2, 0.25) is 17.6 Å². The largest absolute Gasteiger partial charge is 0.447 e. The third-order valence-corrected chi connectivity index (χ3v) is 6.46. The van der Waals surface area contributed by atoms with Crippen LogP contribution < -0.4 is 10.6 Å². The number of hydrogen-bond acceptors (Lipinski definition) is 6. The number of fused-ring (bicyclic) bond motifs is 1. The highest BCUT2D eigenvalue weighted by atomic mass is 16.5. The molecule has 9 heteroatoms. The normalized spacial score (nSPS) is 20.8. The molecule has 2 N–H and O–H groups in total. The van der Waals surface area contributed by atoms with Crippen LogP contribution in [0.25, 0.3) is 11.1 Å². The number of pyridine rings is 1. The third-order valence-electron chi connectivity index (χ3n) is 6.46. The number of amides is 3. The van der Waals surface area contributed by atoms with Crippen molar-refractivity contribution >= 4 is 40.2 Å². The predicted molar refractivity (Wildman–Crippen MR) is 125 cm³/mol. The number of carbonyl (C=O) groups excluding carboxylic acids is 3. The summed E-state index contributed by atoms with van der Waals surface area (Å²) in [6.07, 6.45) is 4.44. The summed E-state index contributed by atoms with van der Waals surface area (Å²) in [5.41, 5.74) is 1.75. The number of hydrogen-bond donors (Lipinski definition) is 2. The summed E-state index contributed by atoms with van der Waals surface area (Å²) in [6, 6.07) is 12.6. The molecule has 1 aliphatic carbocycles. The number of morpholine rings is 1. The zero-order chi connectivity index (χ0) is 23.5. The molecule has 3 heterocycles. The molecule has 0 bridgehead atoms. The molecule has 0 spiro atoms. The molecule has 0 unspecified atom stereocenters. The van der Waals surface area contributed by atoms with Crippen LogP contribution in [0.2, 0.25) is 0 Å². The lowest BCUT2D eigenvalue weighted by Crippen LogP contribution is -2.49. The lowest BCUT2D eigenvalue weighted by atomic mass is 9.84. The summed E-state index contributed by atoms with van der Waals surface area (Å²) in [4.78, 5) is 44.5. The van der Waals surface area contributed by atoms with Gasteiger partial charge in [0.25, 0.3) is 5.91 Å². The number of carbonyl (C=O) groups is 3. The van der Waals surface area contributed by atoms with Crippen molar-refractivity contribution < 1.29 is 23.5 Å². The Morgan fingerprint density at radius 2 is 1.79 bits per heavy atom. The van der Waals surface area contributed by atoms with E-state index in [9.17, 15) is 14.4 Å². The maximum absolute atomic E-state index is 13.2. The first-order valence-corrected chi connectivity index (χ1v) is 11.5. The van der Waals surface area contributed by atoms with Crippen molar-refractivity contribution in [3.63, 3.8) is 0 Å². The fourth-order valence-corrected chi connectivity index (χ4v) is 4.71. The molecular weight excluding hydrogens is 436 g/mol. The Morgan fingerprint density at radius 3 is 2.56 bits per heavy atom. The lowest BCUT2D eigenvalue weighted by Gasteiger charge is -2.38. The number of aromatic nitrogens is 1. The number of nitrogens with zero attached hydrogens (tertiary/aromatic N) is 2. The maximum atomic E-state index is 13.2. The second kappa shape index (κ2) is 9.64. The van der Waals surface area contributed by atoms with E-state index in [0.717, 1.165) is 12.8 Å². The van der Waals surface area contributed by atoms with E-state index in [1.807, 2.05) is 23.1 Å². The van der Waals surface area contributed by atoms with Gasteiger partial charge in [0, 0.05) is 30.4 Å². The van der Waals surface area contributed by atoms with Crippen molar-refractivity contribution in [2.24, 2.45) is 5.92 Å². The minimum absolute atomic E-state index is 0.0125. The highest BCUT2D eigenvalue weighted by molar-refractivity contribution is 6.13. The Morgan fingerprint density at radius 1 is 1.00 bits per heavy atom. The zero-order valence-electron chi connectivity index (χ0n) is 18.7. The molecule has 5 rings (SSSR count). The van der Waals surface area contributed by atoms with Crippen LogP contribution in [0.15, 0.2) is 53.1 Å². The van der Waals surface area contributed by atoms with Crippen molar-refractivity contribution in [3.05, 3.63) is 54.4 Å². The Balaban J connectivity index is 1.30. The van der Waals surface area contributed by atoms with Crippen LogP contribution in [0.3, 0.4) is 0 Å². The molecular formula is C25H26N4O5. The Hall–Kier alpha value is -3.72. The Bertz CT molecular complexity index is 1200. The number of rotatable bonds is 5. The molecule has 1 aromatic carbocycles. The van der Waals surface area contributed by atoms with Crippen LogP contribution in [0.4, 0.5) is 11.4 Å². The van der Waals surface area contributed by atoms with Gasteiger partial charge in [-0.25, -0.2) is 0 Å². The highest BCUT2D eigenvalue weighted by Crippen LogP contribution is 2.33. The van der Waals surface area contributed by atoms with Crippen molar-refractivity contribution in [3.8, 4) is 0 Å². The lowest BCUT2D eigenvalue weighted by molar-refractivity contribution is -0.146. The third kappa shape index (κ3) is 4.51. The van der Waals surface area contributed by atoms with E-state index in [1.54, 1.807) is 30.5 Å². The monoisotopic (exact) mass is 462 g/mol. The number of anilines is 2. The van der Waals surface area contributed by atoms with Crippen molar-refractivity contribution in [1.82, 2.24) is 9.88 Å². The molecule has 1 saturated carbocycles. The van der Waals surface area contributed by atoms with Gasteiger partial charge in [0.05, 0.1) is 6.61 Å². The molecule has 9 nitrogen and oxygen atoms in total. The summed E-state index contributed by atoms with van der Waals surface area (Å²) in [6.45, 7) is 1.29. The average Bonchev–Trinajstić information content (AvgIpc) is 3.23. The Labute approximate surface area is 196 Å². The SMILES string of the molecule is O=C(Nc1ccccc1)c1oc2cccnc2c1NC(=O)C1CCC(N2CCOCC2=O)CC1. The van der Waals surface area contributed by atoms with E-state index >= 15 is 0 Å². The molecule has 2 fully saturated rings. The topological polar surface area (TPSA) is 114 Å². The van der Waals surface area contributed by atoms with Crippen LogP contribution in [0.1, 0.15) is 36.2 Å². The van der Waals surface area contributed by atoms with Gasteiger partial charge < -0.3 is 24.7 Å². The first-order valence-electron chi connectivity index (χ1n) is 11.5. The standard InChI is InChI=1S/C25H26N4O5/c30-20-15-33-14-13-29(20)18-10-8-16(9-11-18)24(31)28-22-21-19(7-4-12-26-21)34-23(22)25(32)27-17-5-2-1-3-6-17/h1-7,12,16,18H,8-11,13-15H2,(H,27,32)(H,28,31). The van der Waals surface area contributed by atoms with Crippen molar-refractivity contribution in [2.75, 3.05) is 30.4 Å².